The first kappa shape index (κ1) is 11.5. The van der Waals surface area contributed by atoms with Gasteiger partial charge < -0.3 is 0 Å². The lowest BCUT2D eigenvalue weighted by molar-refractivity contribution is -0.117. The molecule has 2 aromatic rings. The molecular weight excluding hydrogens is 238 g/mol. The zero-order chi connectivity index (χ0) is 13.2. The molecule has 1 aliphatic heterocycles. The maximum absolute atomic E-state index is 11.9. The second-order valence-electron chi connectivity index (χ2n) is 4.58. The number of anilines is 1. The van der Waals surface area contributed by atoms with Gasteiger partial charge >= 0.3 is 0 Å². The topological polar surface area (TPSA) is 49.0 Å². The van der Waals surface area contributed by atoms with E-state index in [1.54, 1.807) is 4.90 Å². The molecule has 19 heavy (non-hydrogen) atoms. The molecule has 1 aliphatic rings. The second-order valence-corrected chi connectivity index (χ2v) is 4.58. The summed E-state index contributed by atoms with van der Waals surface area (Å²) < 4.78 is 0. The standard InChI is InChI=1S/C15H13N3O/c1-2-11-8-15(19)18(10-11)14-9-13(16-17-14)12-6-4-3-5-7-12/h1,3-7,9,11H,8,10H2,(H,16,17). The molecule has 4 nitrogen and oxygen atoms in total. The third-order valence-corrected chi connectivity index (χ3v) is 3.29. The van der Waals surface area contributed by atoms with Gasteiger partial charge in [0.15, 0.2) is 5.82 Å². The van der Waals surface area contributed by atoms with Crippen LogP contribution >= 0.6 is 0 Å². The van der Waals surface area contributed by atoms with E-state index in [1.807, 2.05) is 36.4 Å². The Morgan fingerprint density at radius 1 is 1.37 bits per heavy atom. The molecule has 2 heterocycles. The first-order valence-electron chi connectivity index (χ1n) is 6.15. The van der Waals surface area contributed by atoms with Crippen LogP contribution in [-0.4, -0.2) is 22.6 Å². The van der Waals surface area contributed by atoms with Crippen LogP contribution in [0.3, 0.4) is 0 Å². The van der Waals surface area contributed by atoms with Crippen LogP contribution in [0.4, 0.5) is 5.82 Å². The molecule has 1 aromatic heterocycles. The van der Waals surface area contributed by atoms with Gasteiger partial charge in [-0.2, -0.15) is 5.10 Å². The van der Waals surface area contributed by atoms with Crippen molar-refractivity contribution in [1.82, 2.24) is 10.2 Å². The predicted molar refractivity (Wildman–Crippen MR) is 73.3 cm³/mol. The van der Waals surface area contributed by atoms with Crippen LogP contribution in [-0.2, 0) is 4.79 Å². The van der Waals surface area contributed by atoms with Crippen molar-refractivity contribution < 1.29 is 4.79 Å². The quantitative estimate of drug-likeness (QED) is 0.830. The summed E-state index contributed by atoms with van der Waals surface area (Å²) >= 11 is 0. The lowest BCUT2D eigenvalue weighted by atomic mass is 10.1. The lowest BCUT2D eigenvalue weighted by Crippen LogP contribution is -2.24. The van der Waals surface area contributed by atoms with Crippen molar-refractivity contribution in [2.45, 2.75) is 6.42 Å². The zero-order valence-electron chi connectivity index (χ0n) is 10.3. The predicted octanol–water partition coefficient (Wildman–Crippen LogP) is 2.06. The van der Waals surface area contributed by atoms with E-state index >= 15 is 0 Å². The second kappa shape index (κ2) is 4.62. The van der Waals surface area contributed by atoms with Gasteiger partial charge in [-0.15, -0.1) is 12.3 Å². The smallest absolute Gasteiger partial charge is 0.229 e. The summed E-state index contributed by atoms with van der Waals surface area (Å²) in [6.07, 6.45) is 5.78. The number of carbonyl (C=O) groups excluding carboxylic acids is 1. The molecule has 0 aliphatic carbocycles. The number of nitrogens with one attached hydrogen (secondary N) is 1. The summed E-state index contributed by atoms with van der Waals surface area (Å²) in [4.78, 5) is 13.5. The highest BCUT2D eigenvalue weighted by Gasteiger charge is 2.30. The van der Waals surface area contributed by atoms with Crippen molar-refractivity contribution in [3.05, 3.63) is 36.4 Å². The average molecular weight is 251 g/mol. The van der Waals surface area contributed by atoms with Crippen molar-refractivity contribution in [2.24, 2.45) is 5.92 Å². The summed E-state index contributed by atoms with van der Waals surface area (Å²) in [6.45, 7) is 0.550. The van der Waals surface area contributed by atoms with E-state index in [0.29, 0.717) is 18.8 Å². The van der Waals surface area contributed by atoms with Crippen molar-refractivity contribution in [2.75, 3.05) is 11.4 Å². The molecule has 1 unspecified atom stereocenters. The molecule has 1 atom stereocenters. The van der Waals surface area contributed by atoms with Crippen LogP contribution in [0.15, 0.2) is 36.4 Å². The highest BCUT2D eigenvalue weighted by molar-refractivity contribution is 5.95. The maximum Gasteiger partial charge on any atom is 0.229 e. The number of amides is 1. The van der Waals surface area contributed by atoms with Gasteiger partial charge in [-0.1, -0.05) is 30.3 Å². The van der Waals surface area contributed by atoms with Crippen LogP contribution in [0.25, 0.3) is 11.3 Å². The summed E-state index contributed by atoms with van der Waals surface area (Å²) in [6, 6.07) is 11.8. The first-order chi connectivity index (χ1) is 9.28. The molecule has 1 N–H and O–H groups in total. The number of hydrogen-bond acceptors (Lipinski definition) is 2. The molecular formula is C15H13N3O. The molecule has 1 aromatic carbocycles. The number of aromatic nitrogens is 2. The molecule has 4 heteroatoms. The average Bonchev–Trinajstić information content (AvgIpc) is 3.06. The molecule has 0 saturated carbocycles. The SMILES string of the molecule is C#CC1CC(=O)N(c2cc(-c3ccccc3)[nH]n2)C1. The van der Waals surface area contributed by atoms with E-state index in [9.17, 15) is 4.79 Å². The Morgan fingerprint density at radius 2 is 2.16 bits per heavy atom. The van der Waals surface area contributed by atoms with Crippen molar-refractivity contribution in [3.8, 4) is 23.6 Å². The van der Waals surface area contributed by atoms with Crippen LogP contribution < -0.4 is 4.90 Å². The number of hydrogen-bond donors (Lipinski definition) is 1. The van der Waals surface area contributed by atoms with Crippen LogP contribution in [0, 0.1) is 18.3 Å². The fraction of sp³-hybridized carbons (Fsp3) is 0.200. The highest BCUT2D eigenvalue weighted by Crippen LogP contribution is 2.26. The largest absolute Gasteiger partial charge is 0.294 e. The fourth-order valence-corrected chi connectivity index (χ4v) is 2.26. The van der Waals surface area contributed by atoms with E-state index < -0.39 is 0 Å². The molecule has 94 valence electrons. The Bertz CT molecular complexity index is 639. The third kappa shape index (κ3) is 2.11. The van der Waals surface area contributed by atoms with Gasteiger partial charge in [0.2, 0.25) is 5.91 Å². The number of aromatic amines is 1. The highest BCUT2D eigenvalue weighted by atomic mass is 16.2. The van der Waals surface area contributed by atoms with Gasteiger partial charge in [0.25, 0.3) is 0 Å². The Morgan fingerprint density at radius 3 is 2.84 bits per heavy atom. The maximum atomic E-state index is 11.9. The van der Waals surface area contributed by atoms with Crippen molar-refractivity contribution in [1.29, 1.82) is 0 Å². The third-order valence-electron chi connectivity index (χ3n) is 3.29. The summed E-state index contributed by atoms with van der Waals surface area (Å²) in [5.74, 6) is 3.30. The van der Waals surface area contributed by atoms with E-state index in [1.165, 1.54) is 0 Å². The summed E-state index contributed by atoms with van der Waals surface area (Å²) in [5, 5.41) is 7.16. The van der Waals surface area contributed by atoms with Gasteiger partial charge in [0, 0.05) is 24.9 Å². The first-order valence-corrected chi connectivity index (χ1v) is 6.15. The zero-order valence-corrected chi connectivity index (χ0v) is 10.3. The van der Waals surface area contributed by atoms with Crippen molar-refractivity contribution in [3.63, 3.8) is 0 Å². The van der Waals surface area contributed by atoms with Gasteiger partial charge in [0.1, 0.15) is 0 Å². The molecule has 3 rings (SSSR count). The summed E-state index contributed by atoms with van der Waals surface area (Å²) in [7, 11) is 0. The van der Waals surface area contributed by atoms with Gasteiger partial charge in [-0.05, 0) is 5.56 Å². The van der Waals surface area contributed by atoms with Gasteiger partial charge in [-0.3, -0.25) is 14.8 Å². The normalized spacial score (nSPS) is 18.6. The molecule has 1 fully saturated rings. The van der Waals surface area contributed by atoms with Crippen LogP contribution in [0.5, 0.6) is 0 Å². The van der Waals surface area contributed by atoms with Gasteiger partial charge in [-0.25, -0.2) is 0 Å². The minimum absolute atomic E-state index is 0.00984. The molecule has 0 bridgehead atoms. The number of H-pyrrole nitrogens is 1. The Hall–Kier alpha value is -2.54. The van der Waals surface area contributed by atoms with E-state index in [0.717, 1.165) is 11.3 Å². The minimum atomic E-state index is -0.00984. The monoisotopic (exact) mass is 251 g/mol. The molecule has 1 saturated heterocycles. The Labute approximate surface area is 111 Å². The fourth-order valence-electron chi connectivity index (χ4n) is 2.26. The number of carbonyl (C=O) groups is 1. The molecule has 0 spiro atoms. The summed E-state index contributed by atoms with van der Waals surface area (Å²) in [5.41, 5.74) is 1.94. The van der Waals surface area contributed by atoms with Crippen molar-refractivity contribution >= 4 is 11.7 Å². The van der Waals surface area contributed by atoms with Crippen LogP contribution in [0.1, 0.15) is 6.42 Å². The minimum Gasteiger partial charge on any atom is -0.294 e. The Balaban J connectivity index is 1.87. The number of nitrogens with zero attached hydrogens (tertiary/aromatic N) is 2. The molecule has 1 amide bonds. The van der Waals surface area contributed by atoms with Gasteiger partial charge in [0.05, 0.1) is 5.69 Å². The molecule has 0 radical (unpaired) electrons. The van der Waals surface area contributed by atoms with E-state index in [-0.39, 0.29) is 11.8 Å². The lowest BCUT2D eigenvalue weighted by Gasteiger charge is -2.11. The number of terminal acetylenes is 1. The number of benzene rings is 1. The van der Waals surface area contributed by atoms with E-state index in [4.69, 9.17) is 6.42 Å². The van der Waals surface area contributed by atoms with E-state index in [2.05, 4.69) is 16.1 Å². The Kier molecular flexibility index (Phi) is 2.81. The van der Waals surface area contributed by atoms with Crippen LogP contribution in [0.2, 0.25) is 0 Å². The number of rotatable bonds is 2.